The molecule has 5 N–H and O–H groups in total. The Hall–Kier alpha value is -0.160. The molecule has 0 saturated carbocycles. The topological polar surface area (TPSA) is 67.3 Å². The van der Waals surface area contributed by atoms with Gasteiger partial charge in [0.2, 0.25) is 0 Å². The van der Waals surface area contributed by atoms with E-state index < -0.39 is 0 Å². The Labute approximate surface area is 112 Å². The third kappa shape index (κ3) is 2.72. The molecule has 0 radical (unpaired) electrons. The third-order valence-electron chi connectivity index (χ3n) is 5.44. The first-order valence-corrected chi connectivity index (χ1v) is 7.49. The number of nitrogens with one attached hydrogen (secondary N) is 1. The van der Waals surface area contributed by atoms with Gasteiger partial charge in [-0.2, -0.15) is 0 Å². The highest BCUT2D eigenvalue weighted by molar-refractivity contribution is 4.94. The maximum atomic E-state index is 6.50. The monoisotopic (exact) mass is 256 g/mol. The second-order valence-electron chi connectivity index (χ2n) is 5.89. The molecule has 0 aromatic carbocycles. The summed E-state index contributed by atoms with van der Waals surface area (Å²) < 4.78 is 0. The van der Waals surface area contributed by atoms with Crippen LogP contribution in [-0.2, 0) is 0 Å². The van der Waals surface area contributed by atoms with Crippen molar-refractivity contribution in [3.8, 4) is 0 Å². The largest absolute Gasteiger partial charge is 0.330 e. The van der Waals surface area contributed by atoms with E-state index in [0.717, 1.165) is 25.9 Å². The summed E-state index contributed by atoms with van der Waals surface area (Å²) in [7, 11) is 0. The van der Waals surface area contributed by atoms with Gasteiger partial charge in [-0.05, 0) is 31.1 Å². The van der Waals surface area contributed by atoms with Gasteiger partial charge in [0.1, 0.15) is 0 Å². The molecule has 1 atom stereocenters. The number of hydrogen-bond donors (Lipinski definition) is 3. The molecule has 0 aromatic heterocycles. The minimum atomic E-state index is 0.0116. The maximum Gasteiger partial charge on any atom is 0.0777 e. The zero-order valence-corrected chi connectivity index (χ0v) is 12.6. The van der Waals surface area contributed by atoms with Crippen molar-refractivity contribution in [3.63, 3.8) is 0 Å². The van der Waals surface area contributed by atoms with Crippen LogP contribution in [0.1, 0.15) is 53.4 Å². The molecule has 1 fully saturated rings. The van der Waals surface area contributed by atoms with Gasteiger partial charge >= 0.3 is 0 Å². The van der Waals surface area contributed by atoms with E-state index in [1.807, 2.05) is 0 Å². The Kier molecular flexibility index (Phi) is 5.59. The van der Waals surface area contributed by atoms with E-state index in [1.54, 1.807) is 0 Å². The van der Waals surface area contributed by atoms with Gasteiger partial charge in [-0.1, -0.05) is 27.7 Å². The van der Waals surface area contributed by atoms with Crippen LogP contribution in [0.2, 0.25) is 0 Å². The summed E-state index contributed by atoms with van der Waals surface area (Å²) >= 11 is 0. The fourth-order valence-electron chi connectivity index (χ4n) is 3.07. The van der Waals surface area contributed by atoms with Crippen molar-refractivity contribution in [2.24, 2.45) is 22.3 Å². The number of nitrogens with two attached hydrogens (primary N) is 2. The van der Waals surface area contributed by atoms with Gasteiger partial charge in [-0.25, -0.2) is 5.01 Å². The zero-order valence-electron chi connectivity index (χ0n) is 12.6. The first-order valence-electron chi connectivity index (χ1n) is 7.49. The van der Waals surface area contributed by atoms with Gasteiger partial charge in [0.15, 0.2) is 0 Å². The van der Waals surface area contributed by atoms with Crippen molar-refractivity contribution >= 4 is 0 Å². The average Bonchev–Trinajstić information content (AvgIpc) is 2.86. The summed E-state index contributed by atoms with van der Waals surface area (Å²) in [6.45, 7) is 11.7. The van der Waals surface area contributed by atoms with Crippen LogP contribution in [0.25, 0.3) is 0 Å². The van der Waals surface area contributed by atoms with Crippen LogP contribution < -0.4 is 16.9 Å². The number of hydrogen-bond acceptors (Lipinski definition) is 4. The van der Waals surface area contributed by atoms with Crippen molar-refractivity contribution in [2.45, 2.75) is 59.5 Å². The van der Waals surface area contributed by atoms with Crippen molar-refractivity contribution in [2.75, 3.05) is 19.6 Å². The molecule has 1 saturated heterocycles. The molecular formula is C14H32N4. The normalized spacial score (nSPS) is 22.3. The summed E-state index contributed by atoms with van der Waals surface area (Å²) in [5.41, 5.74) is 16.4. The van der Waals surface area contributed by atoms with E-state index in [0.29, 0.717) is 12.0 Å². The first-order chi connectivity index (χ1) is 8.53. The second kappa shape index (κ2) is 6.33. The lowest BCUT2D eigenvalue weighted by Gasteiger charge is -2.41. The van der Waals surface area contributed by atoms with Crippen LogP contribution in [0.5, 0.6) is 0 Å². The molecule has 1 unspecified atom stereocenters. The van der Waals surface area contributed by atoms with Gasteiger partial charge in [0, 0.05) is 25.0 Å². The van der Waals surface area contributed by atoms with E-state index in [-0.39, 0.29) is 11.6 Å². The van der Waals surface area contributed by atoms with Crippen molar-refractivity contribution in [1.82, 2.24) is 10.4 Å². The van der Waals surface area contributed by atoms with Gasteiger partial charge < -0.3 is 11.5 Å². The van der Waals surface area contributed by atoms with Crippen LogP contribution in [-0.4, -0.2) is 30.8 Å². The van der Waals surface area contributed by atoms with E-state index in [9.17, 15) is 0 Å². The lowest BCUT2D eigenvalue weighted by molar-refractivity contribution is 0.0417. The highest BCUT2D eigenvalue weighted by Gasteiger charge is 2.43. The van der Waals surface area contributed by atoms with Crippen LogP contribution in [0, 0.1) is 10.8 Å². The molecule has 0 aromatic rings. The summed E-state index contributed by atoms with van der Waals surface area (Å²) in [6.07, 6.45) is 4.48. The van der Waals surface area contributed by atoms with E-state index >= 15 is 0 Å². The molecule has 0 aliphatic carbocycles. The molecule has 108 valence electrons. The molecule has 0 bridgehead atoms. The quantitative estimate of drug-likeness (QED) is 0.648. The van der Waals surface area contributed by atoms with Crippen molar-refractivity contribution in [1.29, 1.82) is 0 Å². The third-order valence-corrected chi connectivity index (χ3v) is 5.44. The minimum absolute atomic E-state index is 0.0116. The van der Waals surface area contributed by atoms with E-state index in [1.165, 1.54) is 12.8 Å². The fourth-order valence-corrected chi connectivity index (χ4v) is 3.07. The summed E-state index contributed by atoms with van der Waals surface area (Å²) in [4.78, 5) is 0. The van der Waals surface area contributed by atoms with Crippen LogP contribution in [0.15, 0.2) is 0 Å². The standard InChI is InChI=1S/C14H32N4/c1-5-13(6-2)10-17-18(11-13)12(16)14(7-3,8-4)9-15/h12,17H,5-11,15-16H2,1-4H3. The molecule has 0 spiro atoms. The molecule has 0 amide bonds. The molecule has 4 nitrogen and oxygen atoms in total. The van der Waals surface area contributed by atoms with Gasteiger partial charge in [0.05, 0.1) is 6.17 Å². The van der Waals surface area contributed by atoms with E-state index in [2.05, 4.69) is 38.1 Å². The highest BCUT2D eigenvalue weighted by atomic mass is 15.6. The van der Waals surface area contributed by atoms with Crippen LogP contribution >= 0.6 is 0 Å². The first kappa shape index (κ1) is 15.9. The summed E-state index contributed by atoms with van der Waals surface area (Å²) in [6, 6.07) is 0. The highest BCUT2D eigenvalue weighted by Crippen LogP contribution is 2.36. The SMILES string of the molecule is CCC1(CC)CNN(C(N)C(CC)(CC)CN)C1. The molecule has 4 heteroatoms. The Balaban J connectivity index is 2.77. The van der Waals surface area contributed by atoms with Gasteiger partial charge in [-0.15, -0.1) is 0 Å². The zero-order chi connectivity index (χ0) is 13.8. The number of rotatable bonds is 7. The Morgan fingerprint density at radius 3 is 2.11 bits per heavy atom. The Bertz CT molecular complexity index is 238. The van der Waals surface area contributed by atoms with Crippen molar-refractivity contribution in [3.05, 3.63) is 0 Å². The molecule has 1 aliphatic heterocycles. The average molecular weight is 256 g/mol. The van der Waals surface area contributed by atoms with Crippen LogP contribution in [0.4, 0.5) is 0 Å². The second-order valence-corrected chi connectivity index (χ2v) is 5.89. The smallest absolute Gasteiger partial charge is 0.0777 e. The lowest BCUT2D eigenvalue weighted by Crippen LogP contribution is -2.58. The predicted molar refractivity (Wildman–Crippen MR) is 77.8 cm³/mol. The Morgan fingerprint density at radius 2 is 1.78 bits per heavy atom. The van der Waals surface area contributed by atoms with Gasteiger partial charge in [-0.3, -0.25) is 5.43 Å². The molecule has 1 heterocycles. The summed E-state index contributed by atoms with van der Waals surface area (Å²) in [5.74, 6) is 0. The van der Waals surface area contributed by atoms with Gasteiger partial charge in [0.25, 0.3) is 0 Å². The minimum Gasteiger partial charge on any atom is -0.330 e. The van der Waals surface area contributed by atoms with E-state index in [4.69, 9.17) is 11.5 Å². The lowest BCUT2D eigenvalue weighted by atomic mass is 9.78. The predicted octanol–water partition coefficient (Wildman–Crippen LogP) is 1.66. The van der Waals surface area contributed by atoms with Crippen LogP contribution in [0.3, 0.4) is 0 Å². The molecule has 18 heavy (non-hydrogen) atoms. The summed E-state index contributed by atoms with van der Waals surface area (Å²) in [5, 5.41) is 2.24. The molecular weight excluding hydrogens is 224 g/mol. The molecule has 1 rings (SSSR count). The fraction of sp³-hybridized carbons (Fsp3) is 1.00. The number of hydrazine groups is 1. The number of nitrogens with zero attached hydrogens (tertiary/aromatic N) is 1. The molecule has 1 aliphatic rings. The maximum absolute atomic E-state index is 6.50. The Morgan fingerprint density at radius 1 is 1.22 bits per heavy atom. The van der Waals surface area contributed by atoms with Crippen molar-refractivity contribution < 1.29 is 0 Å².